The Kier molecular flexibility index (Phi) is 7.63. The Bertz CT molecular complexity index is 1660. The summed E-state index contributed by atoms with van der Waals surface area (Å²) in [6.07, 6.45) is 3.65. The molecular formula is C27H23ClF3N7O3. The van der Waals surface area contributed by atoms with Crippen molar-refractivity contribution in [2.75, 3.05) is 16.8 Å². The van der Waals surface area contributed by atoms with Crippen LogP contribution in [0.1, 0.15) is 59.5 Å². The van der Waals surface area contributed by atoms with E-state index in [2.05, 4.69) is 25.4 Å². The average molecular weight is 586 g/mol. The van der Waals surface area contributed by atoms with Crippen molar-refractivity contribution in [2.24, 2.45) is 0 Å². The summed E-state index contributed by atoms with van der Waals surface area (Å²) in [5, 5.41) is 17.0. The van der Waals surface area contributed by atoms with Crippen LogP contribution < -0.4 is 10.2 Å². The second-order valence-corrected chi connectivity index (χ2v) is 9.82. The minimum absolute atomic E-state index is 0.0984. The Morgan fingerprint density at radius 3 is 2.66 bits per heavy atom. The summed E-state index contributed by atoms with van der Waals surface area (Å²) < 4.78 is 43.5. The number of aromatic hydroxyl groups is 1. The van der Waals surface area contributed by atoms with Crippen LogP contribution in [-0.2, 0) is 4.79 Å². The first-order chi connectivity index (χ1) is 19.5. The van der Waals surface area contributed by atoms with Gasteiger partial charge in [-0.2, -0.15) is 5.10 Å². The molecule has 1 atom stereocenters. The summed E-state index contributed by atoms with van der Waals surface area (Å²) in [5.74, 6) is -1.84. The zero-order valence-electron chi connectivity index (χ0n) is 21.8. The number of aromatic nitrogens is 5. The minimum Gasteiger partial charge on any atom is -0.504 e. The maximum Gasteiger partial charge on any atom is 0.276 e. The fourth-order valence-corrected chi connectivity index (χ4v) is 4.68. The van der Waals surface area contributed by atoms with E-state index in [4.69, 9.17) is 11.6 Å². The lowest BCUT2D eigenvalue weighted by Crippen LogP contribution is -2.25. The second kappa shape index (κ2) is 11.2. The molecule has 212 valence electrons. The number of amides is 2. The number of alkyl halides is 2. The molecule has 4 heterocycles. The van der Waals surface area contributed by atoms with Crippen molar-refractivity contribution in [3.05, 3.63) is 76.3 Å². The van der Waals surface area contributed by atoms with Crippen molar-refractivity contribution in [3.8, 4) is 17.0 Å². The topological polar surface area (TPSA) is 126 Å². The monoisotopic (exact) mass is 585 g/mol. The van der Waals surface area contributed by atoms with E-state index >= 15 is 0 Å². The Morgan fingerprint density at radius 1 is 1.20 bits per heavy atom. The van der Waals surface area contributed by atoms with Crippen LogP contribution in [0.15, 0.2) is 43.0 Å². The third kappa shape index (κ3) is 5.44. The molecule has 1 aliphatic heterocycles. The van der Waals surface area contributed by atoms with Gasteiger partial charge in [-0.05, 0) is 38.0 Å². The number of halogens is 4. The largest absolute Gasteiger partial charge is 0.504 e. The SMILES string of the molecule is Cc1ncc(-c2c(C(F)F)ccc(Cl)c2F)nc1C(=O)Nc1cnn(C(C)c2cnc(N3CCCC3=O)c(O)c2)c1. The predicted molar refractivity (Wildman–Crippen MR) is 144 cm³/mol. The van der Waals surface area contributed by atoms with Crippen LogP contribution in [0.25, 0.3) is 11.3 Å². The summed E-state index contributed by atoms with van der Waals surface area (Å²) in [6, 6.07) is 3.12. The highest BCUT2D eigenvalue weighted by atomic mass is 35.5. The first-order valence-corrected chi connectivity index (χ1v) is 12.9. The van der Waals surface area contributed by atoms with E-state index in [9.17, 15) is 27.9 Å². The van der Waals surface area contributed by atoms with Crippen molar-refractivity contribution in [1.29, 1.82) is 0 Å². The molecule has 2 N–H and O–H groups in total. The molecule has 10 nitrogen and oxygen atoms in total. The molecule has 1 unspecified atom stereocenters. The number of nitrogens with zero attached hydrogens (tertiary/aromatic N) is 6. The van der Waals surface area contributed by atoms with Crippen LogP contribution in [0.4, 0.5) is 24.7 Å². The summed E-state index contributed by atoms with van der Waals surface area (Å²) >= 11 is 5.82. The molecular weight excluding hydrogens is 563 g/mol. The van der Waals surface area contributed by atoms with E-state index in [0.717, 1.165) is 18.3 Å². The molecule has 0 spiro atoms. The number of nitrogens with one attached hydrogen (secondary N) is 1. The maximum atomic E-state index is 14.8. The first-order valence-electron chi connectivity index (χ1n) is 12.5. The molecule has 41 heavy (non-hydrogen) atoms. The van der Waals surface area contributed by atoms with Gasteiger partial charge in [0.05, 0.1) is 40.5 Å². The number of hydrogen-bond donors (Lipinski definition) is 2. The first kappa shape index (κ1) is 28.0. The molecule has 2 amide bonds. The van der Waals surface area contributed by atoms with Crippen molar-refractivity contribution in [1.82, 2.24) is 24.7 Å². The molecule has 0 radical (unpaired) electrons. The summed E-state index contributed by atoms with van der Waals surface area (Å²) in [4.78, 5) is 39.0. The third-order valence-corrected chi connectivity index (χ3v) is 7.02. The highest BCUT2D eigenvalue weighted by Gasteiger charge is 2.27. The van der Waals surface area contributed by atoms with Gasteiger partial charge in [0, 0.05) is 36.5 Å². The molecule has 14 heteroatoms. The zero-order chi connectivity index (χ0) is 29.4. The standard InChI is InChI=1S/C27H23ClF3N7O3/c1-13-24(36-19(11-32-13)22-17(25(30)31)5-6-18(28)23(22)29)27(41)35-16-10-34-38(12-16)14(2)15-8-20(39)26(33-9-15)37-7-3-4-21(37)40/h5-6,8-12,14,25,39H,3-4,7H2,1-2H3,(H,35,41). The number of carbonyl (C=O) groups is 2. The smallest absolute Gasteiger partial charge is 0.276 e. The van der Waals surface area contributed by atoms with Gasteiger partial charge in [-0.3, -0.25) is 24.2 Å². The van der Waals surface area contributed by atoms with Crippen LogP contribution >= 0.6 is 11.6 Å². The highest BCUT2D eigenvalue weighted by molar-refractivity contribution is 6.31. The molecule has 1 saturated heterocycles. The number of benzene rings is 1. The summed E-state index contributed by atoms with van der Waals surface area (Å²) in [5.41, 5.74) is -0.569. The van der Waals surface area contributed by atoms with Gasteiger partial charge in [-0.15, -0.1) is 0 Å². The normalized spacial score (nSPS) is 14.1. The van der Waals surface area contributed by atoms with Crippen molar-refractivity contribution < 1.29 is 27.9 Å². The Hall–Kier alpha value is -4.52. The lowest BCUT2D eigenvalue weighted by Gasteiger charge is -2.18. The number of hydrogen-bond acceptors (Lipinski definition) is 7. The van der Waals surface area contributed by atoms with Crippen molar-refractivity contribution in [3.63, 3.8) is 0 Å². The zero-order valence-corrected chi connectivity index (χ0v) is 22.5. The molecule has 1 aromatic carbocycles. The van der Waals surface area contributed by atoms with Crippen LogP contribution in [-0.4, -0.2) is 48.2 Å². The highest BCUT2D eigenvalue weighted by Crippen LogP contribution is 2.36. The molecule has 1 aliphatic rings. The van der Waals surface area contributed by atoms with E-state index in [1.807, 2.05) is 0 Å². The minimum atomic E-state index is -3.01. The Labute approximate surface area is 236 Å². The van der Waals surface area contributed by atoms with Crippen molar-refractivity contribution in [2.45, 2.75) is 39.2 Å². The molecule has 3 aromatic heterocycles. The van der Waals surface area contributed by atoms with Crippen LogP contribution in [0.2, 0.25) is 5.02 Å². The van der Waals surface area contributed by atoms with E-state index in [-0.39, 0.29) is 45.3 Å². The Balaban J connectivity index is 1.36. The fraction of sp³-hybridized carbons (Fsp3) is 0.259. The summed E-state index contributed by atoms with van der Waals surface area (Å²) in [6.45, 7) is 3.79. The van der Waals surface area contributed by atoms with Crippen LogP contribution in [0.5, 0.6) is 5.75 Å². The predicted octanol–water partition coefficient (Wildman–Crippen LogP) is 5.47. The van der Waals surface area contributed by atoms with Gasteiger partial charge < -0.3 is 10.4 Å². The van der Waals surface area contributed by atoms with Crippen molar-refractivity contribution >= 4 is 34.9 Å². The number of anilines is 2. The molecule has 0 bridgehead atoms. The maximum absolute atomic E-state index is 14.8. The number of rotatable bonds is 7. The fourth-order valence-electron chi connectivity index (χ4n) is 4.52. The number of pyridine rings is 1. The van der Waals surface area contributed by atoms with Crippen LogP contribution in [0.3, 0.4) is 0 Å². The molecule has 5 rings (SSSR count). The van der Waals surface area contributed by atoms with Gasteiger partial charge >= 0.3 is 0 Å². The second-order valence-electron chi connectivity index (χ2n) is 9.41. The third-order valence-electron chi connectivity index (χ3n) is 6.72. The van der Waals surface area contributed by atoms with Gasteiger partial charge in [0.1, 0.15) is 5.69 Å². The van der Waals surface area contributed by atoms with Gasteiger partial charge in [0.25, 0.3) is 12.3 Å². The van der Waals surface area contributed by atoms with E-state index < -0.39 is 35.3 Å². The lowest BCUT2D eigenvalue weighted by atomic mass is 10.0. The van der Waals surface area contributed by atoms with E-state index in [0.29, 0.717) is 24.9 Å². The average Bonchev–Trinajstić information content (AvgIpc) is 3.58. The van der Waals surface area contributed by atoms with Gasteiger partial charge in [0.15, 0.2) is 17.4 Å². The molecule has 0 saturated carbocycles. The lowest BCUT2D eigenvalue weighted by molar-refractivity contribution is -0.117. The quantitative estimate of drug-likeness (QED) is 0.295. The molecule has 0 aliphatic carbocycles. The number of aryl methyl sites for hydroxylation is 1. The van der Waals surface area contributed by atoms with E-state index in [1.165, 1.54) is 35.0 Å². The van der Waals surface area contributed by atoms with Gasteiger partial charge in [-0.25, -0.2) is 23.1 Å². The van der Waals surface area contributed by atoms with E-state index in [1.54, 1.807) is 13.1 Å². The van der Waals surface area contributed by atoms with Crippen LogP contribution in [0, 0.1) is 12.7 Å². The summed E-state index contributed by atoms with van der Waals surface area (Å²) in [7, 11) is 0. The Morgan fingerprint density at radius 2 is 1.98 bits per heavy atom. The molecule has 4 aromatic rings. The van der Waals surface area contributed by atoms with Gasteiger partial charge in [-0.1, -0.05) is 17.7 Å². The van der Waals surface area contributed by atoms with Gasteiger partial charge in [0.2, 0.25) is 5.91 Å². The molecule has 1 fully saturated rings. The number of carbonyl (C=O) groups excluding carboxylic acids is 2.